The average molecular weight is 464 g/mol. The van der Waals surface area contributed by atoms with Gasteiger partial charge in [-0.3, -0.25) is 4.72 Å². The van der Waals surface area contributed by atoms with E-state index in [1.54, 1.807) is 48.5 Å². The molecule has 1 unspecified atom stereocenters. The van der Waals surface area contributed by atoms with E-state index in [0.717, 1.165) is 24.0 Å². The number of benzene rings is 3. The second-order valence-electron chi connectivity index (χ2n) is 9.10. The highest BCUT2D eigenvalue weighted by molar-refractivity contribution is 7.92. The Morgan fingerprint density at radius 2 is 1.73 bits per heavy atom. The van der Waals surface area contributed by atoms with E-state index >= 15 is 0 Å². The molecule has 0 radical (unpaired) electrons. The van der Waals surface area contributed by atoms with Gasteiger partial charge < -0.3 is 9.67 Å². The topological polar surface area (TPSA) is 84.2 Å². The lowest BCUT2D eigenvalue weighted by atomic mass is 9.81. The van der Waals surface area contributed by atoms with Gasteiger partial charge in [0.2, 0.25) is 0 Å². The molecule has 2 N–H and O–H groups in total. The van der Waals surface area contributed by atoms with E-state index in [2.05, 4.69) is 34.2 Å². The summed E-state index contributed by atoms with van der Waals surface area (Å²) in [6.07, 6.45) is 2.57. The van der Waals surface area contributed by atoms with Crippen molar-refractivity contribution in [2.45, 2.75) is 44.2 Å². The number of anilines is 1. The van der Waals surface area contributed by atoms with E-state index < -0.39 is 16.1 Å². The summed E-state index contributed by atoms with van der Waals surface area (Å²) in [6.45, 7) is 5.08. The Morgan fingerprint density at radius 3 is 2.52 bits per heavy atom. The van der Waals surface area contributed by atoms with E-state index in [0.29, 0.717) is 17.7 Å². The van der Waals surface area contributed by atoms with Gasteiger partial charge in [-0.25, -0.2) is 13.4 Å². The molecule has 0 saturated carbocycles. The van der Waals surface area contributed by atoms with Crippen LogP contribution < -0.4 is 4.72 Å². The molecule has 0 aliphatic rings. The molecule has 6 nitrogen and oxygen atoms in total. The van der Waals surface area contributed by atoms with E-state index in [1.807, 2.05) is 30.6 Å². The molecule has 33 heavy (non-hydrogen) atoms. The Morgan fingerprint density at radius 1 is 1.00 bits per heavy atom. The zero-order chi connectivity index (χ0) is 23.5. The summed E-state index contributed by atoms with van der Waals surface area (Å²) in [6, 6.07) is 23.3. The summed E-state index contributed by atoms with van der Waals surface area (Å²) >= 11 is 0. The van der Waals surface area contributed by atoms with Crippen LogP contribution in [0.1, 0.15) is 38.4 Å². The lowest BCUT2D eigenvalue weighted by molar-refractivity contribution is 0.107. The third-order valence-corrected chi connectivity index (χ3v) is 7.28. The number of aliphatic hydroxyl groups is 1. The predicted octanol–water partition coefficient (Wildman–Crippen LogP) is 5.38. The Labute approximate surface area is 195 Å². The fraction of sp³-hybridized carbons (Fsp3) is 0.269. The molecule has 7 heteroatoms. The molecule has 0 spiro atoms. The minimum Gasteiger partial charge on any atom is -0.388 e. The Bertz CT molecular complexity index is 1330. The molecule has 4 aromatic rings. The van der Waals surface area contributed by atoms with Crippen LogP contribution >= 0.6 is 0 Å². The summed E-state index contributed by atoms with van der Waals surface area (Å²) in [5.41, 5.74) is 3.06. The number of hydrogen-bond acceptors (Lipinski definition) is 4. The number of aromatic nitrogens is 2. The smallest absolute Gasteiger partial charge is 0.261 e. The molecule has 1 aromatic heterocycles. The van der Waals surface area contributed by atoms with Crippen LogP contribution in [0.2, 0.25) is 0 Å². The fourth-order valence-corrected chi connectivity index (χ4v) is 5.05. The summed E-state index contributed by atoms with van der Waals surface area (Å²) in [5, 5.41) is 10.9. The first-order valence-corrected chi connectivity index (χ1v) is 12.5. The number of sulfonamides is 1. The Balaban J connectivity index is 1.42. The monoisotopic (exact) mass is 463 g/mol. The van der Waals surface area contributed by atoms with Crippen molar-refractivity contribution in [3.8, 4) is 0 Å². The molecule has 4 rings (SSSR count). The lowest BCUT2D eigenvalue weighted by Gasteiger charge is -2.28. The normalized spacial score (nSPS) is 13.2. The van der Waals surface area contributed by atoms with Crippen molar-refractivity contribution >= 4 is 26.7 Å². The maximum Gasteiger partial charge on any atom is 0.261 e. The second-order valence-corrected chi connectivity index (χ2v) is 10.8. The molecule has 1 heterocycles. The summed E-state index contributed by atoms with van der Waals surface area (Å²) in [4.78, 5) is 4.64. The van der Waals surface area contributed by atoms with Crippen LogP contribution in [0.25, 0.3) is 11.0 Å². The standard InChI is InChI=1S/C26H29N3O3S/c1-26(2,15-16-29-19-27-23-13-6-7-14-24(23)29)18-25(30)20-9-8-10-21(17-20)28-33(31,32)22-11-4-3-5-12-22/h3-14,17,19,25,28,30H,15-16,18H2,1-2H3. The molecular formula is C26H29N3O3S. The van der Waals surface area contributed by atoms with Crippen molar-refractivity contribution in [1.82, 2.24) is 9.55 Å². The minimum atomic E-state index is -3.68. The molecular weight excluding hydrogens is 434 g/mol. The van der Waals surface area contributed by atoms with Gasteiger partial charge in [0.25, 0.3) is 10.0 Å². The first kappa shape index (κ1) is 23.0. The number of nitrogens with zero attached hydrogens (tertiary/aromatic N) is 2. The lowest BCUT2D eigenvalue weighted by Crippen LogP contribution is -2.19. The van der Waals surface area contributed by atoms with Gasteiger partial charge in [0.1, 0.15) is 0 Å². The largest absolute Gasteiger partial charge is 0.388 e. The van der Waals surface area contributed by atoms with Crippen LogP contribution in [0, 0.1) is 5.41 Å². The van der Waals surface area contributed by atoms with E-state index in [9.17, 15) is 13.5 Å². The maximum absolute atomic E-state index is 12.6. The van der Waals surface area contributed by atoms with Crippen LogP contribution in [0.3, 0.4) is 0 Å². The summed E-state index contributed by atoms with van der Waals surface area (Å²) < 4.78 is 30.0. The highest BCUT2D eigenvalue weighted by Gasteiger charge is 2.24. The highest BCUT2D eigenvalue weighted by atomic mass is 32.2. The van der Waals surface area contributed by atoms with Gasteiger partial charge in [-0.05, 0) is 60.2 Å². The van der Waals surface area contributed by atoms with Gasteiger partial charge >= 0.3 is 0 Å². The number of aliphatic hydroxyl groups excluding tert-OH is 1. The number of fused-ring (bicyclic) bond motifs is 1. The van der Waals surface area contributed by atoms with Gasteiger partial charge in [-0.15, -0.1) is 0 Å². The van der Waals surface area contributed by atoms with E-state index in [1.165, 1.54) is 0 Å². The van der Waals surface area contributed by atoms with Crippen molar-refractivity contribution in [3.05, 3.63) is 90.8 Å². The summed E-state index contributed by atoms with van der Waals surface area (Å²) in [7, 11) is -3.68. The molecule has 0 fully saturated rings. The van der Waals surface area contributed by atoms with Crippen molar-refractivity contribution in [1.29, 1.82) is 0 Å². The number of imidazole rings is 1. The SMILES string of the molecule is CC(C)(CCn1cnc2ccccc21)CC(O)c1cccc(NS(=O)(=O)c2ccccc2)c1. The maximum atomic E-state index is 12.6. The summed E-state index contributed by atoms with van der Waals surface area (Å²) in [5.74, 6) is 0. The number of rotatable bonds is 9. The van der Waals surface area contributed by atoms with E-state index in [4.69, 9.17) is 0 Å². The first-order chi connectivity index (χ1) is 15.7. The molecule has 172 valence electrons. The van der Waals surface area contributed by atoms with Crippen molar-refractivity contribution < 1.29 is 13.5 Å². The van der Waals surface area contributed by atoms with Gasteiger partial charge in [0.15, 0.2) is 0 Å². The molecule has 0 aliphatic heterocycles. The zero-order valence-electron chi connectivity index (χ0n) is 18.8. The Kier molecular flexibility index (Phi) is 6.54. The highest BCUT2D eigenvalue weighted by Crippen LogP contribution is 2.34. The number of hydrogen-bond donors (Lipinski definition) is 2. The van der Waals surface area contributed by atoms with Crippen LogP contribution in [0.15, 0.2) is 90.1 Å². The second kappa shape index (κ2) is 9.37. The van der Waals surface area contributed by atoms with Crippen LogP contribution in [0.5, 0.6) is 0 Å². The fourth-order valence-electron chi connectivity index (χ4n) is 3.98. The van der Waals surface area contributed by atoms with E-state index in [-0.39, 0.29) is 10.3 Å². The van der Waals surface area contributed by atoms with Crippen molar-refractivity contribution in [2.75, 3.05) is 4.72 Å². The number of nitrogens with one attached hydrogen (secondary N) is 1. The predicted molar refractivity (Wildman–Crippen MR) is 131 cm³/mol. The van der Waals surface area contributed by atoms with Crippen LogP contribution in [-0.4, -0.2) is 23.1 Å². The molecule has 0 amide bonds. The third-order valence-electron chi connectivity index (χ3n) is 5.88. The zero-order valence-corrected chi connectivity index (χ0v) is 19.7. The minimum absolute atomic E-state index is 0.135. The molecule has 3 aromatic carbocycles. The number of para-hydroxylation sites is 2. The third kappa shape index (κ3) is 5.61. The van der Waals surface area contributed by atoms with Gasteiger partial charge in [0, 0.05) is 12.2 Å². The number of aryl methyl sites for hydroxylation is 1. The van der Waals surface area contributed by atoms with Crippen molar-refractivity contribution in [3.63, 3.8) is 0 Å². The quantitative estimate of drug-likeness (QED) is 0.349. The van der Waals surface area contributed by atoms with Gasteiger partial charge in [-0.2, -0.15) is 0 Å². The molecule has 0 aliphatic carbocycles. The van der Waals surface area contributed by atoms with Gasteiger partial charge in [-0.1, -0.05) is 56.3 Å². The molecule has 0 bridgehead atoms. The van der Waals surface area contributed by atoms with Gasteiger partial charge in [0.05, 0.1) is 28.4 Å². The molecule has 0 saturated heterocycles. The Hall–Kier alpha value is -3.16. The molecule has 1 atom stereocenters. The van der Waals surface area contributed by atoms with Crippen LogP contribution in [-0.2, 0) is 16.6 Å². The average Bonchev–Trinajstić information content (AvgIpc) is 3.21. The first-order valence-electron chi connectivity index (χ1n) is 11.0. The van der Waals surface area contributed by atoms with Crippen LogP contribution in [0.4, 0.5) is 5.69 Å². The van der Waals surface area contributed by atoms with Crippen molar-refractivity contribution in [2.24, 2.45) is 5.41 Å².